The molecule has 0 spiro atoms. The Morgan fingerprint density at radius 1 is 1.22 bits per heavy atom. The Kier molecular flexibility index (Phi) is 4.36. The van der Waals surface area contributed by atoms with Crippen molar-refractivity contribution in [2.75, 3.05) is 12.0 Å². The van der Waals surface area contributed by atoms with E-state index in [2.05, 4.69) is 0 Å². The Morgan fingerprint density at radius 2 is 2.00 bits per heavy atom. The first-order valence-electron chi connectivity index (χ1n) is 6.80. The summed E-state index contributed by atoms with van der Waals surface area (Å²) in [6.45, 7) is 0. The zero-order chi connectivity index (χ0) is 16.4. The van der Waals surface area contributed by atoms with Crippen molar-refractivity contribution in [1.82, 2.24) is 0 Å². The first kappa shape index (κ1) is 15.6. The molecule has 0 aliphatic carbocycles. The van der Waals surface area contributed by atoms with Gasteiger partial charge in [-0.1, -0.05) is 48.2 Å². The molecule has 1 saturated heterocycles. The van der Waals surface area contributed by atoms with Crippen molar-refractivity contribution in [1.29, 1.82) is 0 Å². The summed E-state index contributed by atoms with van der Waals surface area (Å²) in [5.74, 6) is 0.491. The Balaban J connectivity index is 1.95. The van der Waals surface area contributed by atoms with Crippen molar-refractivity contribution >= 4 is 46.0 Å². The molecule has 1 fully saturated rings. The smallest absolute Gasteiger partial charge is 0.270 e. The zero-order valence-corrected chi connectivity index (χ0v) is 13.9. The monoisotopic (exact) mass is 343 g/mol. The summed E-state index contributed by atoms with van der Waals surface area (Å²) in [5.41, 5.74) is 1.24. The number of carbonyl (C=O) groups excluding carboxylic acids is 1. The van der Waals surface area contributed by atoms with Crippen molar-refractivity contribution < 1.29 is 14.6 Å². The predicted octanol–water partition coefficient (Wildman–Crippen LogP) is 3.81. The summed E-state index contributed by atoms with van der Waals surface area (Å²) in [5, 5.41) is 9.95. The van der Waals surface area contributed by atoms with E-state index in [0.717, 1.165) is 11.3 Å². The summed E-state index contributed by atoms with van der Waals surface area (Å²) in [6, 6.07) is 14.1. The minimum absolute atomic E-state index is 0.0198. The lowest BCUT2D eigenvalue weighted by molar-refractivity contribution is -0.113. The van der Waals surface area contributed by atoms with Crippen LogP contribution < -0.4 is 9.64 Å². The van der Waals surface area contributed by atoms with Crippen LogP contribution in [-0.4, -0.2) is 22.4 Å². The first-order chi connectivity index (χ1) is 11.1. The molecular weight excluding hydrogens is 330 g/mol. The number of aromatic hydroxyl groups is 1. The number of anilines is 1. The molecule has 0 radical (unpaired) electrons. The van der Waals surface area contributed by atoms with E-state index in [-0.39, 0.29) is 11.7 Å². The van der Waals surface area contributed by atoms with Gasteiger partial charge in [0.15, 0.2) is 4.32 Å². The maximum absolute atomic E-state index is 12.6. The molecule has 1 amide bonds. The second kappa shape index (κ2) is 6.44. The number of thiocarbonyl (C=S) groups is 1. The van der Waals surface area contributed by atoms with Gasteiger partial charge in [0.25, 0.3) is 5.91 Å². The number of hydrogen-bond donors (Lipinski definition) is 1. The lowest BCUT2D eigenvalue weighted by Gasteiger charge is -2.15. The SMILES string of the molecule is COc1cccc(/C=C2\SC(=S)N(c3ccccc3O)C2=O)c1. The molecule has 23 heavy (non-hydrogen) atoms. The van der Waals surface area contributed by atoms with Gasteiger partial charge in [0.1, 0.15) is 11.5 Å². The van der Waals surface area contributed by atoms with Gasteiger partial charge >= 0.3 is 0 Å². The Bertz CT molecular complexity index is 817. The molecule has 2 aromatic rings. The van der Waals surface area contributed by atoms with Crippen LogP contribution in [0.1, 0.15) is 5.56 Å². The van der Waals surface area contributed by atoms with Gasteiger partial charge in [-0.05, 0) is 35.9 Å². The fraction of sp³-hybridized carbons (Fsp3) is 0.0588. The fourth-order valence-corrected chi connectivity index (χ4v) is 3.50. The number of hydrogen-bond acceptors (Lipinski definition) is 5. The summed E-state index contributed by atoms with van der Waals surface area (Å²) in [7, 11) is 1.59. The molecule has 0 saturated carbocycles. The molecule has 116 valence electrons. The number of phenolic OH excluding ortho intramolecular Hbond substituents is 1. The van der Waals surface area contributed by atoms with Crippen LogP contribution in [0.25, 0.3) is 6.08 Å². The van der Waals surface area contributed by atoms with Crippen LogP contribution in [0.15, 0.2) is 53.4 Å². The van der Waals surface area contributed by atoms with Gasteiger partial charge in [-0.25, -0.2) is 0 Å². The first-order valence-corrected chi connectivity index (χ1v) is 8.02. The quantitative estimate of drug-likeness (QED) is 0.678. The molecule has 0 aromatic heterocycles. The van der Waals surface area contributed by atoms with Crippen LogP contribution in [0.2, 0.25) is 0 Å². The second-order valence-electron chi connectivity index (χ2n) is 4.78. The van der Waals surface area contributed by atoms with Crippen molar-refractivity contribution in [3.63, 3.8) is 0 Å². The number of phenols is 1. The van der Waals surface area contributed by atoms with E-state index in [1.165, 1.54) is 22.7 Å². The van der Waals surface area contributed by atoms with E-state index in [9.17, 15) is 9.90 Å². The highest BCUT2D eigenvalue weighted by Crippen LogP contribution is 2.39. The number of nitrogens with zero attached hydrogens (tertiary/aromatic N) is 1. The van der Waals surface area contributed by atoms with E-state index in [1.54, 1.807) is 31.4 Å². The van der Waals surface area contributed by atoms with Crippen LogP contribution >= 0.6 is 24.0 Å². The number of benzene rings is 2. The van der Waals surface area contributed by atoms with E-state index < -0.39 is 0 Å². The summed E-state index contributed by atoms with van der Waals surface area (Å²) < 4.78 is 5.58. The molecule has 3 rings (SSSR count). The maximum Gasteiger partial charge on any atom is 0.270 e. The largest absolute Gasteiger partial charge is 0.506 e. The molecule has 0 bridgehead atoms. The molecule has 1 aliphatic heterocycles. The average Bonchev–Trinajstić information content (AvgIpc) is 2.82. The number of amides is 1. The maximum atomic E-state index is 12.6. The third kappa shape index (κ3) is 3.09. The number of rotatable bonds is 3. The summed E-state index contributed by atoms with van der Waals surface area (Å²) in [4.78, 5) is 14.5. The second-order valence-corrected chi connectivity index (χ2v) is 6.46. The molecule has 6 heteroatoms. The summed E-state index contributed by atoms with van der Waals surface area (Å²) in [6.07, 6.45) is 1.77. The third-order valence-electron chi connectivity index (χ3n) is 3.31. The fourth-order valence-electron chi connectivity index (χ4n) is 2.21. The molecule has 1 N–H and O–H groups in total. The van der Waals surface area contributed by atoms with E-state index in [0.29, 0.717) is 14.9 Å². The van der Waals surface area contributed by atoms with Gasteiger partial charge in [0, 0.05) is 0 Å². The molecule has 0 atom stereocenters. The predicted molar refractivity (Wildman–Crippen MR) is 96.8 cm³/mol. The molecule has 2 aromatic carbocycles. The minimum atomic E-state index is -0.246. The molecule has 4 nitrogen and oxygen atoms in total. The molecular formula is C17H13NO3S2. The van der Waals surface area contributed by atoms with Gasteiger partial charge in [0.2, 0.25) is 0 Å². The van der Waals surface area contributed by atoms with Crippen LogP contribution in [0.3, 0.4) is 0 Å². The van der Waals surface area contributed by atoms with Gasteiger partial charge in [-0.15, -0.1) is 0 Å². The highest BCUT2D eigenvalue weighted by molar-refractivity contribution is 8.27. The number of methoxy groups -OCH3 is 1. The Hall–Kier alpha value is -2.31. The van der Waals surface area contributed by atoms with Crippen molar-refractivity contribution in [2.24, 2.45) is 0 Å². The molecule has 0 unspecified atom stereocenters. The van der Waals surface area contributed by atoms with Gasteiger partial charge in [0.05, 0.1) is 17.7 Å². The van der Waals surface area contributed by atoms with E-state index in [4.69, 9.17) is 17.0 Å². The highest BCUT2D eigenvalue weighted by atomic mass is 32.2. The lowest BCUT2D eigenvalue weighted by Crippen LogP contribution is -2.27. The van der Waals surface area contributed by atoms with Gasteiger partial charge in [-0.2, -0.15) is 0 Å². The number of para-hydroxylation sites is 2. The van der Waals surface area contributed by atoms with Gasteiger partial charge in [-0.3, -0.25) is 9.69 Å². The van der Waals surface area contributed by atoms with Crippen molar-refractivity contribution in [3.8, 4) is 11.5 Å². The van der Waals surface area contributed by atoms with Crippen molar-refractivity contribution in [2.45, 2.75) is 0 Å². The third-order valence-corrected chi connectivity index (χ3v) is 4.61. The number of thioether (sulfide) groups is 1. The Morgan fingerprint density at radius 3 is 2.74 bits per heavy atom. The lowest BCUT2D eigenvalue weighted by atomic mass is 10.2. The number of ether oxygens (including phenoxy) is 1. The van der Waals surface area contributed by atoms with E-state index in [1.807, 2.05) is 24.3 Å². The van der Waals surface area contributed by atoms with Crippen LogP contribution in [0.5, 0.6) is 11.5 Å². The van der Waals surface area contributed by atoms with Crippen LogP contribution in [0.4, 0.5) is 5.69 Å². The molecule has 1 heterocycles. The minimum Gasteiger partial charge on any atom is -0.506 e. The van der Waals surface area contributed by atoms with Crippen LogP contribution in [0, 0.1) is 0 Å². The number of carbonyl (C=O) groups is 1. The highest BCUT2D eigenvalue weighted by Gasteiger charge is 2.34. The van der Waals surface area contributed by atoms with Crippen molar-refractivity contribution in [3.05, 3.63) is 59.0 Å². The summed E-state index contributed by atoms with van der Waals surface area (Å²) >= 11 is 6.50. The normalized spacial score (nSPS) is 16.2. The standard InChI is InChI=1S/C17H13NO3S2/c1-21-12-6-4-5-11(9-12)10-15-16(20)18(17(22)23-15)13-7-2-3-8-14(13)19/h2-10,19H,1H3/b15-10-. The molecule has 1 aliphatic rings. The topological polar surface area (TPSA) is 49.8 Å². The Labute approximate surface area is 143 Å². The van der Waals surface area contributed by atoms with E-state index >= 15 is 0 Å². The van der Waals surface area contributed by atoms with Crippen LogP contribution in [-0.2, 0) is 4.79 Å². The zero-order valence-electron chi connectivity index (χ0n) is 12.2. The van der Waals surface area contributed by atoms with Gasteiger partial charge < -0.3 is 9.84 Å². The average molecular weight is 343 g/mol.